The molecule has 0 spiro atoms. The Labute approximate surface area is 141 Å². The molecule has 6 heteroatoms. The fourth-order valence-corrected chi connectivity index (χ4v) is 2.66. The molecule has 0 unspecified atom stereocenters. The van der Waals surface area contributed by atoms with Gasteiger partial charge in [0.05, 0.1) is 10.9 Å². The van der Waals surface area contributed by atoms with Crippen LogP contribution in [0.2, 0.25) is 0 Å². The van der Waals surface area contributed by atoms with Gasteiger partial charge in [-0.05, 0) is 42.8 Å². The lowest BCUT2D eigenvalue weighted by Crippen LogP contribution is -2.21. The highest BCUT2D eigenvalue weighted by molar-refractivity contribution is 9.10. The molecule has 0 aliphatic carbocycles. The van der Waals surface area contributed by atoms with Crippen molar-refractivity contribution in [3.05, 3.63) is 58.8 Å². The Morgan fingerprint density at radius 3 is 2.87 bits per heavy atom. The summed E-state index contributed by atoms with van der Waals surface area (Å²) in [6.45, 7) is 1.82. The molecule has 0 saturated carbocycles. The number of carbonyl (C=O) groups excluding carboxylic acids is 1. The first-order chi connectivity index (χ1) is 11.1. The number of amides is 1. The van der Waals surface area contributed by atoms with Gasteiger partial charge >= 0.3 is 0 Å². The van der Waals surface area contributed by atoms with Crippen molar-refractivity contribution in [3.8, 4) is 5.88 Å². The highest BCUT2D eigenvalue weighted by Gasteiger charge is 2.09. The minimum absolute atomic E-state index is 0.115. The number of aryl methyl sites for hydroxylation is 1. The topological polar surface area (TPSA) is 64.1 Å². The van der Waals surface area contributed by atoms with Crippen LogP contribution >= 0.6 is 15.9 Å². The molecule has 3 aromatic rings. The number of carbonyl (C=O) groups is 1. The second-order valence-electron chi connectivity index (χ2n) is 4.99. The Balaban J connectivity index is 1.69. The monoisotopic (exact) mass is 371 g/mol. The van der Waals surface area contributed by atoms with Crippen LogP contribution < -0.4 is 10.1 Å². The van der Waals surface area contributed by atoms with Crippen molar-refractivity contribution in [2.45, 2.75) is 6.92 Å². The maximum Gasteiger partial charge on any atom is 0.262 e. The van der Waals surface area contributed by atoms with Crippen LogP contribution in [-0.4, -0.2) is 22.5 Å². The maximum absolute atomic E-state index is 12.1. The number of hydrogen-bond acceptors (Lipinski definition) is 4. The van der Waals surface area contributed by atoms with E-state index in [0.29, 0.717) is 5.88 Å². The minimum Gasteiger partial charge on any atom is -0.467 e. The molecule has 0 atom stereocenters. The number of nitrogens with zero attached hydrogens (tertiary/aromatic N) is 2. The van der Waals surface area contributed by atoms with E-state index in [9.17, 15) is 4.79 Å². The molecule has 1 N–H and O–H groups in total. The van der Waals surface area contributed by atoms with Crippen LogP contribution in [0.4, 0.5) is 5.69 Å². The molecule has 0 aliphatic rings. The average molecular weight is 372 g/mol. The van der Waals surface area contributed by atoms with Crippen molar-refractivity contribution in [2.75, 3.05) is 11.9 Å². The molecule has 116 valence electrons. The van der Waals surface area contributed by atoms with E-state index in [0.717, 1.165) is 26.6 Å². The quantitative estimate of drug-likeness (QED) is 0.758. The molecule has 23 heavy (non-hydrogen) atoms. The number of anilines is 1. The van der Waals surface area contributed by atoms with E-state index in [1.54, 1.807) is 0 Å². The Morgan fingerprint density at radius 2 is 2.04 bits per heavy atom. The van der Waals surface area contributed by atoms with Crippen LogP contribution in [-0.2, 0) is 4.79 Å². The molecule has 0 fully saturated rings. The fourth-order valence-electron chi connectivity index (χ4n) is 2.18. The first-order valence-corrected chi connectivity index (χ1v) is 7.81. The van der Waals surface area contributed by atoms with Gasteiger partial charge in [0.15, 0.2) is 6.61 Å². The van der Waals surface area contributed by atoms with Gasteiger partial charge in [-0.25, -0.2) is 9.97 Å². The normalized spacial score (nSPS) is 10.5. The van der Waals surface area contributed by atoms with E-state index in [4.69, 9.17) is 4.74 Å². The van der Waals surface area contributed by atoms with Crippen LogP contribution in [0.25, 0.3) is 10.9 Å². The maximum atomic E-state index is 12.1. The number of fused-ring (bicyclic) bond motifs is 1. The van der Waals surface area contributed by atoms with E-state index in [1.165, 1.54) is 6.33 Å². The molecular formula is C17H14BrN3O2. The molecule has 5 nitrogen and oxygen atoms in total. The third-order valence-electron chi connectivity index (χ3n) is 3.31. The molecule has 0 radical (unpaired) electrons. The lowest BCUT2D eigenvalue weighted by atomic mass is 10.2. The first kappa shape index (κ1) is 15.4. The van der Waals surface area contributed by atoms with Gasteiger partial charge in [0.1, 0.15) is 6.33 Å². The molecule has 1 heterocycles. The van der Waals surface area contributed by atoms with E-state index >= 15 is 0 Å². The number of halogens is 1. The molecule has 1 amide bonds. The van der Waals surface area contributed by atoms with Crippen LogP contribution in [0.15, 0.2) is 53.3 Å². The summed E-state index contributed by atoms with van der Waals surface area (Å²) in [5.41, 5.74) is 2.51. The van der Waals surface area contributed by atoms with Crippen molar-refractivity contribution in [1.82, 2.24) is 9.97 Å². The smallest absolute Gasteiger partial charge is 0.262 e. The second kappa shape index (κ2) is 6.75. The number of ether oxygens (including phenoxy) is 1. The molecule has 0 aliphatic heterocycles. The van der Waals surface area contributed by atoms with Gasteiger partial charge in [-0.2, -0.15) is 0 Å². The standard InChI is InChI=1S/C17H14BrN3O2/c1-11-8-12(18)6-7-14(11)21-16(22)9-23-17-13-4-2-3-5-15(13)19-10-20-17/h2-8,10H,9H2,1H3,(H,21,22). The fraction of sp³-hybridized carbons (Fsp3) is 0.118. The third kappa shape index (κ3) is 3.65. The second-order valence-corrected chi connectivity index (χ2v) is 5.91. The number of nitrogens with one attached hydrogen (secondary N) is 1. The molecule has 0 bridgehead atoms. The van der Waals surface area contributed by atoms with E-state index in [2.05, 4.69) is 31.2 Å². The summed E-state index contributed by atoms with van der Waals surface area (Å²) in [6, 6.07) is 13.2. The zero-order chi connectivity index (χ0) is 16.2. The van der Waals surface area contributed by atoms with Gasteiger partial charge in [-0.3, -0.25) is 4.79 Å². The van der Waals surface area contributed by atoms with Gasteiger partial charge in [-0.15, -0.1) is 0 Å². The van der Waals surface area contributed by atoms with Gasteiger partial charge in [0, 0.05) is 10.2 Å². The largest absolute Gasteiger partial charge is 0.467 e. The summed E-state index contributed by atoms with van der Waals surface area (Å²) in [5, 5.41) is 3.61. The highest BCUT2D eigenvalue weighted by Crippen LogP contribution is 2.21. The summed E-state index contributed by atoms with van der Waals surface area (Å²) < 4.78 is 6.51. The van der Waals surface area contributed by atoms with Crippen molar-refractivity contribution in [1.29, 1.82) is 0 Å². The van der Waals surface area contributed by atoms with Crippen molar-refractivity contribution in [3.63, 3.8) is 0 Å². The highest BCUT2D eigenvalue weighted by atomic mass is 79.9. The van der Waals surface area contributed by atoms with Crippen LogP contribution in [0.1, 0.15) is 5.56 Å². The van der Waals surface area contributed by atoms with Gasteiger partial charge in [0.25, 0.3) is 5.91 Å². The molecule has 3 rings (SSSR count). The number of benzene rings is 2. The Kier molecular flexibility index (Phi) is 4.52. The number of rotatable bonds is 4. The zero-order valence-corrected chi connectivity index (χ0v) is 14.0. The van der Waals surface area contributed by atoms with E-state index < -0.39 is 0 Å². The molecular weight excluding hydrogens is 358 g/mol. The number of hydrogen-bond donors (Lipinski definition) is 1. The average Bonchev–Trinajstić information content (AvgIpc) is 2.55. The minimum atomic E-state index is -0.238. The van der Waals surface area contributed by atoms with Crippen molar-refractivity contribution < 1.29 is 9.53 Å². The molecule has 0 saturated heterocycles. The van der Waals surface area contributed by atoms with E-state index in [1.807, 2.05) is 49.4 Å². The third-order valence-corrected chi connectivity index (χ3v) is 3.80. The SMILES string of the molecule is Cc1cc(Br)ccc1NC(=O)COc1ncnc2ccccc12. The van der Waals surface area contributed by atoms with Crippen LogP contribution in [0.3, 0.4) is 0 Å². The summed E-state index contributed by atoms with van der Waals surface area (Å²) in [4.78, 5) is 20.3. The van der Waals surface area contributed by atoms with E-state index in [-0.39, 0.29) is 12.5 Å². The molecule has 2 aromatic carbocycles. The van der Waals surface area contributed by atoms with Gasteiger partial charge in [-0.1, -0.05) is 28.1 Å². The summed E-state index contributed by atoms with van der Waals surface area (Å²) in [6.07, 6.45) is 1.43. The van der Waals surface area contributed by atoms with Crippen LogP contribution in [0, 0.1) is 6.92 Å². The van der Waals surface area contributed by atoms with Gasteiger partial charge < -0.3 is 10.1 Å². The predicted molar refractivity (Wildman–Crippen MR) is 92.5 cm³/mol. The summed E-state index contributed by atoms with van der Waals surface area (Å²) in [5.74, 6) is 0.163. The Hall–Kier alpha value is -2.47. The Morgan fingerprint density at radius 1 is 1.22 bits per heavy atom. The lowest BCUT2D eigenvalue weighted by Gasteiger charge is -2.10. The van der Waals surface area contributed by atoms with Crippen molar-refractivity contribution >= 4 is 38.4 Å². The Bertz CT molecular complexity index is 862. The van der Waals surface area contributed by atoms with Crippen molar-refractivity contribution in [2.24, 2.45) is 0 Å². The first-order valence-electron chi connectivity index (χ1n) is 7.02. The number of para-hydroxylation sites is 1. The zero-order valence-electron chi connectivity index (χ0n) is 12.4. The molecule has 1 aromatic heterocycles. The number of aromatic nitrogens is 2. The van der Waals surface area contributed by atoms with Gasteiger partial charge in [0.2, 0.25) is 5.88 Å². The predicted octanol–water partition coefficient (Wildman–Crippen LogP) is 3.72. The summed E-state index contributed by atoms with van der Waals surface area (Å²) in [7, 11) is 0. The lowest BCUT2D eigenvalue weighted by molar-refractivity contribution is -0.118. The van der Waals surface area contributed by atoms with Crippen LogP contribution in [0.5, 0.6) is 5.88 Å². The summed E-state index contributed by atoms with van der Waals surface area (Å²) >= 11 is 3.40.